The molecule has 0 spiro atoms. The second kappa shape index (κ2) is 13.9. The number of aliphatic hydroxyl groups is 1. The maximum atomic E-state index is 12.5. The van der Waals surface area contributed by atoms with Crippen molar-refractivity contribution in [3.05, 3.63) is 35.9 Å². The summed E-state index contributed by atoms with van der Waals surface area (Å²) in [5, 5.41) is 13.4. The minimum absolute atomic E-state index is 0.0814. The first kappa shape index (κ1) is 25.8. The van der Waals surface area contributed by atoms with E-state index in [1.807, 2.05) is 44.2 Å². The van der Waals surface area contributed by atoms with Crippen LogP contribution in [0.4, 0.5) is 4.79 Å². The van der Waals surface area contributed by atoms with Gasteiger partial charge in [-0.3, -0.25) is 4.79 Å². The van der Waals surface area contributed by atoms with Crippen molar-refractivity contribution >= 4 is 17.7 Å². The van der Waals surface area contributed by atoms with Gasteiger partial charge in [0.15, 0.2) is 0 Å². The fourth-order valence-electron chi connectivity index (χ4n) is 3.05. The summed E-state index contributed by atoms with van der Waals surface area (Å²) in [6.07, 6.45) is 6.02. The Morgan fingerprint density at radius 3 is 2.40 bits per heavy atom. The number of carbonyl (C=O) groups is 2. The highest BCUT2D eigenvalue weighted by Gasteiger charge is 2.23. The normalized spacial score (nSPS) is 13.7. The minimum Gasteiger partial charge on any atom is -0.443 e. The van der Waals surface area contributed by atoms with Crippen LogP contribution in [0.25, 0.3) is 0 Å². The van der Waals surface area contributed by atoms with E-state index in [-0.39, 0.29) is 24.8 Å². The van der Waals surface area contributed by atoms with Crippen molar-refractivity contribution in [1.29, 1.82) is 0 Å². The minimum atomic E-state index is -0.904. The van der Waals surface area contributed by atoms with E-state index in [0.717, 1.165) is 18.4 Å². The number of nitrogens with zero attached hydrogens (tertiary/aromatic N) is 1. The fourth-order valence-corrected chi connectivity index (χ4v) is 3.05. The highest BCUT2D eigenvalue weighted by molar-refractivity contribution is 6.40. The van der Waals surface area contributed by atoms with E-state index in [2.05, 4.69) is 17.2 Å². The summed E-state index contributed by atoms with van der Waals surface area (Å²) < 4.78 is 5.18. The van der Waals surface area contributed by atoms with Gasteiger partial charge in [0, 0.05) is 6.04 Å². The zero-order valence-electron chi connectivity index (χ0n) is 18.9. The summed E-state index contributed by atoms with van der Waals surface area (Å²) in [5.41, 5.74) is 0.0345. The van der Waals surface area contributed by atoms with E-state index >= 15 is 0 Å². The SMILES string of the molecule is CCCCCCCC(C)(O)CCC(=NC(=O)OCc1ccccc1)C(=O)NC(C)C. The summed E-state index contributed by atoms with van der Waals surface area (Å²) in [5.74, 6) is -0.402. The van der Waals surface area contributed by atoms with Gasteiger partial charge in [-0.2, -0.15) is 4.99 Å². The Morgan fingerprint density at radius 1 is 1.10 bits per heavy atom. The third-order valence-corrected chi connectivity index (χ3v) is 4.83. The number of unbranched alkanes of at least 4 members (excludes halogenated alkanes) is 4. The maximum absolute atomic E-state index is 12.5. The van der Waals surface area contributed by atoms with Crippen molar-refractivity contribution < 1.29 is 19.4 Å². The third-order valence-electron chi connectivity index (χ3n) is 4.83. The lowest BCUT2D eigenvalue weighted by Gasteiger charge is -2.23. The number of rotatable bonds is 13. The highest BCUT2D eigenvalue weighted by atomic mass is 16.5. The first-order chi connectivity index (χ1) is 14.2. The van der Waals surface area contributed by atoms with Gasteiger partial charge in [0.25, 0.3) is 5.91 Å². The highest BCUT2D eigenvalue weighted by Crippen LogP contribution is 2.21. The van der Waals surface area contributed by atoms with Crippen LogP contribution in [0, 0.1) is 0 Å². The molecule has 0 aliphatic heterocycles. The van der Waals surface area contributed by atoms with Crippen LogP contribution in [0.5, 0.6) is 0 Å². The summed E-state index contributed by atoms with van der Waals surface area (Å²) in [6, 6.07) is 9.22. The van der Waals surface area contributed by atoms with Crippen molar-refractivity contribution in [1.82, 2.24) is 5.32 Å². The number of ether oxygens (including phenoxy) is 1. The molecule has 0 bridgehead atoms. The van der Waals surface area contributed by atoms with Crippen molar-refractivity contribution in [3.8, 4) is 0 Å². The molecule has 0 saturated heterocycles. The molecule has 0 radical (unpaired) electrons. The molecule has 1 atom stereocenters. The monoisotopic (exact) mass is 418 g/mol. The van der Waals surface area contributed by atoms with Crippen molar-refractivity contribution in [2.75, 3.05) is 0 Å². The summed E-state index contributed by atoms with van der Waals surface area (Å²) in [4.78, 5) is 28.5. The van der Waals surface area contributed by atoms with Gasteiger partial charge >= 0.3 is 6.09 Å². The predicted octanol–water partition coefficient (Wildman–Crippen LogP) is 5.18. The molecule has 0 heterocycles. The van der Waals surface area contributed by atoms with E-state index in [0.29, 0.717) is 12.8 Å². The van der Waals surface area contributed by atoms with Gasteiger partial charge in [-0.15, -0.1) is 0 Å². The largest absolute Gasteiger partial charge is 0.443 e. The lowest BCUT2D eigenvalue weighted by Crippen LogP contribution is -2.37. The average Bonchev–Trinajstić information content (AvgIpc) is 2.69. The Labute approximate surface area is 181 Å². The zero-order valence-corrected chi connectivity index (χ0v) is 18.9. The van der Waals surface area contributed by atoms with Gasteiger partial charge in [0.05, 0.1) is 5.60 Å². The Bertz CT molecular complexity index is 669. The van der Waals surface area contributed by atoms with Crippen LogP contribution in [0.3, 0.4) is 0 Å². The Kier molecular flexibility index (Phi) is 12.0. The standard InChI is InChI=1S/C24H38N2O4/c1-5-6-7-8-12-16-24(4,29)17-15-21(22(27)25-19(2)3)26-23(28)30-18-20-13-10-9-11-14-20/h9-11,13-14,19,29H,5-8,12,15-18H2,1-4H3,(H,25,27). The van der Waals surface area contributed by atoms with Gasteiger partial charge in [-0.1, -0.05) is 69.4 Å². The summed E-state index contributed by atoms with van der Waals surface area (Å²) in [7, 11) is 0. The predicted molar refractivity (Wildman–Crippen MR) is 121 cm³/mol. The molecule has 1 aromatic carbocycles. The van der Waals surface area contributed by atoms with E-state index in [9.17, 15) is 14.7 Å². The van der Waals surface area contributed by atoms with Crippen LogP contribution in [0.1, 0.15) is 84.6 Å². The summed E-state index contributed by atoms with van der Waals surface area (Å²) in [6.45, 7) is 7.73. The van der Waals surface area contributed by atoms with E-state index in [1.165, 1.54) is 19.3 Å². The molecule has 6 nitrogen and oxygen atoms in total. The lowest BCUT2D eigenvalue weighted by molar-refractivity contribution is -0.115. The lowest BCUT2D eigenvalue weighted by atomic mass is 9.91. The topological polar surface area (TPSA) is 88.0 Å². The van der Waals surface area contributed by atoms with Crippen LogP contribution in [-0.2, 0) is 16.1 Å². The van der Waals surface area contributed by atoms with Crippen molar-refractivity contribution in [2.24, 2.45) is 4.99 Å². The van der Waals surface area contributed by atoms with E-state index in [4.69, 9.17) is 4.74 Å². The number of hydrogen-bond donors (Lipinski definition) is 2. The number of benzene rings is 1. The number of aliphatic imine (C=N–C) groups is 1. The Morgan fingerprint density at radius 2 is 1.77 bits per heavy atom. The molecule has 0 aromatic heterocycles. The van der Waals surface area contributed by atoms with Gasteiger partial charge in [-0.25, -0.2) is 4.79 Å². The van der Waals surface area contributed by atoms with Crippen molar-refractivity contribution in [3.63, 3.8) is 0 Å². The van der Waals surface area contributed by atoms with Crippen LogP contribution in [0.2, 0.25) is 0 Å². The fraction of sp³-hybridized carbons (Fsp3) is 0.625. The van der Waals surface area contributed by atoms with Gasteiger partial charge in [0.2, 0.25) is 0 Å². The smallest absolute Gasteiger partial charge is 0.434 e. The molecule has 168 valence electrons. The number of amides is 2. The summed E-state index contributed by atoms with van der Waals surface area (Å²) >= 11 is 0. The molecule has 30 heavy (non-hydrogen) atoms. The Hall–Kier alpha value is -2.21. The van der Waals surface area contributed by atoms with E-state index < -0.39 is 17.6 Å². The number of nitrogens with one attached hydrogen (secondary N) is 1. The van der Waals surface area contributed by atoms with E-state index in [1.54, 1.807) is 6.92 Å². The molecular weight excluding hydrogens is 380 g/mol. The average molecular weight is 419 g/mol. The van der Waals surface area contributed by atoms with Crippen LogP contribution in [-0.4, -0.2) is 34.5 Å². The third kappa shape index (κ3) is 11.7. The number of carbonyl (C=O) groups excluding carboxylic acids is 2. The van der Waals surface area contributed by atoms with Crippen LogP contribution in [0.15, 0.2) is 35.3 Å². The molecule has 1 rings (SSSR count). The molecule has 2 N–H and O–H groups in total. The second-order valence-corrected chi connectivity index (χ2v) is 8.39. The quantitative estimate of drug-likeness (QED) is 0.341. The van der Waals surface area contributed by atoms with Crippen molar-refractivity contribution in [2.45, 2.75) is 97.3 Å². The van der Waals surface area contributed by atoms with Crippen LogP contribution < -0.4 is 5.32 Å². The molecule has 2 amide bonds. The van der Waals surface area contributed by atoms with Gasteiger partial charge in [0.1, 0.15) is 12.3 Å². The molecule has 0 fully saturated rings. The molecule has 6 heteroatoms. The molecule has 0 saturated carbocycles. The first-order valence-corrected chi connectivity index (χ1v) is 11.0. The second-order valence-electron chi connectivity index (χ2n) is 8.39. The molecule has 0 aliphatic carbocycles. The van der Waals surface area contributed by atoms with Crippen LogP contribution >= 0.6 is 0 Å². The van der Waals surface area contributed by atoms with Gasteiger partial charge < -0.3 is 15.2 Å². The van der Waals surface area contributed by atoms with Gasteiger partial charge in [-0.05, 0) is 45.6 Å². The molecule has 1 aromatic rings. The Balaban J connectivity index is 2.66. The zero-order chi connectivity index (χ0) is 22.4. The number of hydrogen-bond acceptors (Lipinski definition) is 4. The molecule has 1 unspecified atom stereocenters. The maximum Gasteiger partial charge on any atom is 0.434 e. The molecule has 0 aliphatic rings. The molecular formula is C24H38N2O4. The first-order valence-electron chi connectivity index (χ1n) is 11.0.